The molecule has 0 aromatic heterocycles. The molecule has 0 radical (unpaired) electrons. The monoisotopic (exact) mass is 279 g/mol. The van der Waals surface area contributed by atoms with Crippen LogP contribution in [0.4, 0.5) is 0 Å². The summed E-state index contributed by atoms with van der Waals surface area (Å²) >= 11 is 0. The van der Waals surface area contributed by atoms with Crippen molar-refractivity contribution in [2.24, 2.45) is 28.1 Å². The van der Waals surface area contributed by atoms with E-state index in [4.69, 9.17) is 0 Å². The SMILES string of the molecule is CC(C)(C)C(=O)[C@@H]1[C@@H]2[C@H](CN1C(=O)C(C)(C)C)C2(C)C. The van der Waals surface area contributed by atoms with Crippen LogP contribution in [0.5, 0.6) is 0 Å². The van der Waals surface area contributed by atoms with Gasteiger partial charge in [-0.05, 0) is 17.3 Å². The maximum absolute atomic E-state index is 12.8. The third-order valence-electron chi connectivity index (χ3n) is 5.12. The van der Waals surface area contributed by atoms with E-state index in [0.29, 0.717) is 11.8 Å². The van der Waals surface area contributed by atoms with E-state index in [1.54, 1.807) is 0 Å². The quantitative estimate of drug-likeness (QED) is 0.739. The van der Waals surface area contributed by atoms with E-state index in [0.717, 1.165) is 6.54 Å². The summed E-state index contributed by atoms with van der Waals surface area (Å²) in [4.78, 5) is 27.4. The summed E-state index contributed by atoms with van der Waals surface area (Å²) in [7, 11) is 0. The molecular weight excluding hydrogens is 250 g/mol. The minimum Gasteiger partial charge on any atom is -0.332 e. The highest BCUT2D eigenvalue weighted by Gasteiger charge is 2.70. The maximum Gasteiger partial charge on any atom is 0.228 e. The summed E-state index contributed by atoms with van der Waals surface area (Å²) in [5, 5.41) is 0. The van der Waals surface area contributed by atoms with Crippen LogP contribution in [-0.4, -0.2) is 29.2 Å². The minimum atomic E-state index is -0.419. The fraction of sp³-hybridized carbons (Fsp3) is 0.882. The van der Waals surface area contributed by atoms with E-state index < -0.39 is 10.8 Å². The molecule has 114 valence electrons. The third kappa shape index (κ3) is 2.19. The number of carbonyl (C=O) groups is 2. The Bertz CT molecular complexity index is 451. The number of fused-ring (bicyclic) bond motifs is 1. The molecule has 2 fully saturated rings. The van der Waals surface area contributed by atoms with E-state index >= 15 is 0 Å². The first-order chi connectivity index (χ1) is 8.79. The van der Waals surface area contributed by atoms with Gasteiger partial charge in [0.25, 0.3) is 0 Å². The summed E-state index contributed by atoms with van der Waals surface area (Å²) in [5.74, 6) is 1.17. The second-order valence-corrected chi connectivity index (χ2v) is 9.22. The zero-order valence-corrected chi connectivity index (χ0v) is 14.2. The molecular formula is C17H29NO2. The van der Waals surface area contributed by atoms with E-state index in [1.807, 2.05) is 46.4 Å². The second kappa shape index (κ2) is 4.08. The van der Waals surface area contributed by atoms with Gasteiger partial charge in [0.2, 0.25) is 5.91 Å². The summed E-state index contributed by atoms with van der Waals surface area (Å²) in [6.45, 7) is 16.9. The molecule has 3 nitrogen and oxygen atoms in total. The average Bonchev–Trinajstić information content (AvgIpc) is 2.65. The number of nitrogens with zero attached hydrogens (tertiary/aromatic N) is 1. The molecule has 1 amide bonds. The highest BCUT2D eigenvalue weighted by atomic mass is 16.2. The molecule has 0 spiro atoms. The first-order valence-corrected chi connectivity index (χ1v) is 7.65. The minimum absolute atomic E-state index is 0.114. The summed E-state index contributed by atoms with van der Waals surface area (Å²) < 4.78 is 0. The van der Waals surface area contributed by atoms with Crippen molar-refractivity contribution in [1.82, 2.24) is 4.90 Å². The Morgan fingerprint density at radius 2 is 1.50 bits per heavy atom. The van der Waals surface area contributed by atoms with Crippen LogP contribution in [0.2, 0.25) is 0 Å². The number of Topliss-reactive ketones (excluding diaryl/α,β-unsaturated/α-hetero) is 1. The molecule has 1 saturated heterocycles. The largest absolute Gasteiger partial charge is 0.332 e. The molecule has 0 bridgehead atoms. The number of carbonyl (C=O) groups excluding carboxylic acids is 2. The molecule has 1 aliphatic heterocycles. The lowest BCUT2D eigenvalue weighted by atomic mass is 9.82. The van der Waals surface area contributed by atoms with Gasteiger partial charge in [-0.15, -0.1) is 0 Å². The van der Waals surface area contributed by atoms with Gasteiger partial charge >= 0.3 is 0 Å². The zero-order valence-electron chi connectivity index (χ0n) is 14.2. The molecule has 1 heterocycles. The Kier molecular flexibility index (Phi) is 3.17. The molecule has 0 unspecified atom stereocenters. The number of piperidine rings is 1. The Labute approximate surface area is 123 Å². The smallest absolute Gasteiger partial charge is 0.228 e. The van der Waals surface area contributed by atoms with Gasteiger partial charge in [0.1, 0.15) is 0 Å². The van der Waals surface area contributed by atoms with Crippen molar-refractivity contribution in [2.75, 3.05) is 6.54 Å². The lowest BCUT2D eigenvalue weighted by molar-refractivity contribution is -0.148. The van der Waals surface area contributed by atoms with Gasteiger partial charge in [-0.2, -0.15) is 0 Å². The molecule has 2 aliphatic rings. The van der Waals surface area contributed by atoms with Crippen LogP contribution >= 0.6 is 0 Å². The molecule has 3 heteroatoms. The number of hydrogen-bond donors (Lipinski definition) is 0. The van der Waals surface area contributed by atoms with E-state index in [-0.39, 0.29) is 23.1 Å². The standard InChI is InChI=1S/C17H29NO2/c1-15(2,3)13(19)12-11-10(17(11,7)8)9-18(12)14(20)16(4,5)6/h10-12H,9H2,1-8H3/t10-,11-,12-/m0/s1. The third-order valence-corrected chi connectivity index (χ3v) is 5.12. The summed E-state index contributed by atoms with van der Waals surface area (Å²) in [6, 6.07) is -0.221. The molecule has 2 rings (SSSR count). The Morgan fingerprint density at radius 1 is 1.00 bits per heavy atom. The molecule has 0 N–H and O–H groups in total. The van der Waals surface area contributed by atoms with E-state index in [1.165, 1.54) is 0 Å². The average molecular weight is 279 g/mol. The van der Waals surface area contributed by atoms with Crippen molar-refractivity contribution in [2.45, 2.75) is 61.4 Å². The fourth-order valence-corrected chi connectivity index (χ4v) is 3.67. The molecule has 20 heavy (non-hydrogen) atoms. The van der Waals surface area contributed by atoms with E-state index in [9.17, 15) is 9.59 Å². The fourth-order valence-electron chi connectivity index (χ4n) is 3.67. The topological polar surface area (TPSA) is 37.4 Å². The van der Waals surface area contributed by atoms with Crippen molar-refractivity contribution in [3.63, 3.8) is 0 Å². The Hall–Kier alpha value is -0.860. The van der Waals surface area contributed by atoms with Gasteiger partial charge < -0.3 is 4.90 Å². The van der Waals surface area contributed by atoms with Gasteiger partial charge in [-0.25, -0.2) is 0 Å². The molecule has 1 aliphatic carbocycles. The van der Waals surface area contributed by atoms with Crippen LogP contribution in [0, 0.1) is 28.1 Å². The summed E-state index contributed by atoms with van der Waals surface area (Å²) in [5.41, 5.74) is -0.605. The first kappa shape index (κ1) is 15.5. The van der Waals surface area contributed by atoms with Crippen LogP contribution in [0.25, 0.3) is 0 Å². The number of hydrogen-bond acceptors (Lipinski definition) is 2. The number of ketones is 1. The van der Waals surface area contributed by atoms with Gasteiger partial charge in [-0.3, -0.25) is 9.59 Å². The molecule has 1 saturated carbocycles. The van der Waals surface area contributed by atoms with Crippen LogP contribution in [0.3, 0.4) is 0 Å². The van der Waals surface area contributed by atoms with Crippen molar-refractivity contribution in [1.29, 1.82) is 0 Å². The van der Waals surface area contributed by atoms with Crippen molar-refractivity contribution in [3.05, 3.63) is 0 Å². The normalized spacial score (nSPS) is 32.0. The predicted molar refractivity (Wildman–Crippen MR) is 80.2 cm³/mol. The predicted octanol–water partition coefficient (Wildman–Crippen LogP) is 3.13. The highest BCUT2D eigenvalue weighted by molar-refractivity contribution is 5.95. The van der Waals surface area contributed by atoms with Crippen LogP contribution in [0.1, 0.15) is 55.4 Å². The number of amides is 1. The van der Waals surface area contributed by atoms with Gasteiger partial charge in [0.15, 0.2) is 5.78 Å². The first-order valence-electron chi connectivity index (χ1n) is 7.65. The number of likely N-dealkylation sites (tertiary alicyclic amines) is 1. The molecule has 3 atom stereocenters. The zero-order chi connectivity index (χ0) is 15.7. The van der Waals surface area contributed by atoms with Crippen LogP contribution in [-0.2, 0) is 9.59 Å². The van der Waals surface area contributed by atoms with Crippen molar-refractivity contribution in [3.8, 4) is 0 Å². The molecule has 0 aromatic rings. The van der Waals surface area contributed by atoms with Gasteiger partial charge in [-0.1, -0.05) is 55.4 Å². The van der Waals surface area contributed by atoms with Crippen LogP contribution < -0.4 is 0 Å². The molecule has 0 aromatic carbocycles. The van der Waals surface area contributed by atoms with Gasteiger partial charge in [0.05, 0.1) is 6.04 Å². The van der Waals surface area contributed by atoms with Crippen LogP contribution in [0.15, 0.2) is 0 Å². The van der Waals surface area contributed by atoms with Crippen molar-refractivity contribution >= 4 is 11.7 Å². The lowest BCUT2D eigenvalue weighted by Gasteiger charge is -2.37. The van der Waals surface area contributed by atoms with Crippen molar-refractivity contribution < 1.29 is 9.59 Å². The highest BCUT2D eigenvalue weighted by Crippen LogP contribution is 2.65. The lowest BCUT2D eigenvalue weighted by Crippen LogP contribution is -2.52. The second-order valence-electron chi connectivity index (χ2n) is 9.22. The number of rotatable bonds is 1. The maximum atomic E-state index is 12.8. The Morgan fingerprint density at radius 3 is 1.90 bits per heavy atom. The Balaban J connectivity index is 2.32. The van der Waals surface area contributed by atoms with Gasteiger partial charge in [0, 0.05) is 17.4 Å². The summed E-state index contributed by atoms with van der Waals surface area (Å²) in [6.07, 6.45) is 0. The van der Waals surface area contributed by atoms with E-state index in [2.05, 4.69) is 13.8 Å².